The molecule has 2 aromatic heterocycles. The van der Waals surface area contributed by atoms with Gasteiger partial charge in [0, 0.05) is 35.6 Å². The topological polar surface area (TPSA) is 20.0 Å². The lowest BCUT2D eigenvalue weighted by Crippen LogP contribution is -2.23. The molecule has 0 bridgehead atoms. The Morgan fingerprint density at radius 1 is 0.697 bits per heavy atom. The Bertz CT molecular complexity index is 1440. The van der Waals surface area contributed by atoms with Crippen molar-refractivity contribution in [2.75, 3.05) is 11.9 Å². The van der Waals surface area contributed by atoms with Crippen molar-refractivity contribution >= 4 is 39.7 Å². The van der Waals surface area contributed by atoms with Crippen molar-refractivity contribution in [1.29, 1.82) is 0 Å². The average Bonchev–Trinajstić information content (AvgIpc) is 3.36. The predicted octanol–water partition coefficient (Wildman–Crippen LogP) is 7.50. The Morgan fingerprint density at radius 2 is 1.36 bits per heavy atom. The van der Waals surface area contributed by atoms with Crippen molar-refractivity contribution in [2.24, 2.45) is 4.99 Å². The number of halogens is 1. The first-order valence-electron chi connectivity index (χ1n) is 10.9. The summed E-state index contributed by atoms with van der Waals surface area (Å²) in [7, 11) is 2.16. The van der Waals surface area contributed by atoms with Crippen LogP contribution in [0, 0.1) is 0 Å². The number of pyridine rings is 1. The number of hydrogen-bond donors (Lipinski definition) is 0. The number of nitrogens with zero attached hydrogens (tertiary/aromatic N) is 3. The highest BCUT2D eigenvalue weighted by Crippen LogP contribution is 2.42. The summed E-state index contributed by atoms with van der Waals surface area (Å²) in [5, 5.41) is 0. The number of aliphatic imine (C=N–C) groups is 1. The maximum atomic E-state index is 5.41. The van der Waals surface area contributed by atoms with Crippen LogP contribution in [0.5, 0.6) is 0 Å². The van der Waals surface area contributed by atoms with Crippen LogP contribution in [0.2, 0.25) is 0 Å². The van der Waals surface area contributed by atoms with E-state index >= 15 is 0 Å². The SMILES string of the molecule is Br.CN1c2ccccc2/C(=N\c2c(-c3ccccc3)cc3ccccn23)C1c1ccccc1. The van der Waals surface area contributed by atoms with Gasteiger partial charge in [-0.3, -0.25) is 0 Å². The Kier molecular flexibility index (Phi) is 5.61. The second-order valence-corrected chi connectivity index (χ2v) is 8.18. The van der Waals surface area contributed by atoms with Crippen LogP contribution in [0.15, 0.2) is 120 Å². The van der Waals surface area contributed by atoms with Gasteiger partial charge in [0.05, 0.1) is 11.8 Å². The van der Waals surface area contributed by atoms with Gasteiger partial charge in [0.25, 0.3) is 0 Å². The molecule has 0 saturated carbocycles. The summed E-state index contributed by atoms with van der Waals surface area (Å²) >= 11 is 0. The fraction of sp³-hybridized carbons (Fsp3) is 0.0690. The largest absolute Gasteiger partial charge is 0.361 e. The number of para-hydroxylation sites is 1. The summed E-state index contributed by atoms with van der Waals surface area (Å²) in [6.07, 6.45) is 2.10. The van der Waals surface area contributed by atoms with Crippen molar-refractivity contribution in [1.82, 2.24) is 4.40 Å². The van der Waals surface area contributed by atoms with E-state index in [1.165, 1.54) is 22.4 Å². The zero-order valence-electron chi connectivity index (χ0n) is 18.3. The average molecular weight is 494 g/mol. The molecule has 0 spiro atoms. The Balaban J connectivity index is 0.00000228. The van der Waals surface area contributed by atoms with Gasteiger partial charge in [0.2, 0.25) is 0 Å². The second-order valence-electron chi connectivity index (χ2n) is 8.18. The van der Waals surface area contributed by atoms with Gasteiger partial charge < -0.3 is 9.30 Å². The molecule has 6 rings (SSSR count). The van der Waals surface area contributed by atoms with E-state index < -0.39 is 0 Å². The van der Waals surface area contributed by atoms with Gasteiger partial charge in [-0.05, 0) is 35.4 Å². The van der Waals surface area contributed by atoms with Crippen molar-refractivity contribution in [3.8, 4) is 11.1 Å². The third kappa shape index (κ3) is 3.57. The summed E-state index contributed by atoms with van der Waals surface area (Å²) in [5.74, 6) is 0.966. The van der Waals surface area contributed by atoms with E-state index in [9.17, 15) is 0 Å². The number of likely N-dealkylation sites (N-methyl/N-ethyl adjacent to an activating group) is 1. The molecule has 1 atom stereocenters. The molecule has 5 aromatic rings. The van der Waals surface area contributed by atoms with E-state index in [1.54, 1.807) is 0 Å². The third-order valence-corrected chi connectivity index (χ3v) is 6.29. The minimum absolute atomic E-state index is 0. The van der Waals surface area contributed by atoms with E-state index in [4.69, 9.17) is 4.99 Å². The fourth-order valence-corrected chi connectivity index (χ4v) is 4.77. The molecule has 4 heteroatoms. The van der Waals surface area contributed by atoms with Gasteiger partial charge in [-0.1, -0.05) is 84.9 Å². The molecule has 1 unspecified atom stereocenters. The van der Waals surface area contributed by atoms with E-state index in [2.05, 4.69) is 132 Å². The van der Waals surface area contributed by atoms with E-state index in [1.807, 2.05) is 0 Å². The fourth-order valence-electron chi connectivity index (χ4n) is 4.77. The summed E-state index contributed by atoms with van der Waals surface area (Å²) < 4.78 is 2.19. The predicted molar refractivity (Wildman–Crippen MR) is 143 cm³/mol. The van der Waals surface area contributed by atoms with Gasteiger partial charge in [0.1, 0.15) is 5.82 Å². The molecule has 3 heterocycles. The summed E-state index contributed by atoms with van der Waals surface area (Å²) in [4.78, 5) is 7.74. The normalized spacial score (nSPS) is 16.1. The molecule has 1 aliphatic rings. The Morgan fingerprint density at radius 3 is 2.15 bits per heavy atom. The van der Waals surface area contributed by atoms with Crippen molar-refractivity contribution in [3.05, 3.63) is 127 Å². The van der Waals surface area contributed by atoms with E-state index in [0.717, 1.165) is 22.6 Å². The Labute approximate surface area is 204 Å². The standard InChI is InChI=1S/C29H23N3.BrH/c1-31-26-18-9-8-17-24(26)27(28(31)22-14-6-3-7-15-22)30-29-25(21-12-4-2-5-13-21)20-23-16-10-11-19-32(23)29;/h2-20,28H,1H3;1H/b30-27+;. The molecule has 0 saturated heterocycles. The molecule has 162 valence electrons. The molecule has 3 nitrogen and oxygen atoms in total. The quantitative estimate of drug-likeness (QED) is 0.254. The first-order chi connectivity index (χ1) is 15.8. The zero-order valence-corrected chi connectivity index (χ0v) is 20.0. The smallest absolute Gasteiger partial charge is 0.145 e. The van der Waals surface area contributed by atoms with Crippen molar-refractivity contribution < 1.29 is 0 Å². The van der Waals surface area contributed by atoms with Gasteiger partial charge in [-0.2, -0.15) is 0 Å². The van der Waals surface area contributed by atoms with Crippen molar-refractivity contribution in [3.63, 3.8) is 0 Å². The molecular formula is C29H24BrN3. The first-order valence-corrected chi connectivity index (χ1v) is 10.9. The van der Waals surface area contributed by atoms with Crippen LogP contribution < -0.4 is 4.90 Å². The maximum Gasteiger partial charge on any atom is 0.145 e. The maximum absolute atomic E-state index is 5.41. The van der Waals surface area contributed by atoms with Crippen LogP contribution in [0.1, 0.15) is 17.2 Å². The molecule has 33 heavy (non-hydrogen) atoms. The van der Waals surface area contributed by atoms with Gasteiger partial charge in [-0.15, -0.1) is 17.0 Å². The number of fused-ring (bicyclic) bond motifs is 2. The lowest BCUT2D eigenvalue weighted by Gasteiger charge is -2.23. The monoisotopic (exact) mass is 493 g/mol. The second kappa shape index (κ2) is 8.72. The molecule has 0 N–H and O–H groups in total. The van der Waals surface area contributed by atoms with Gasteiger partial charge in [0.15, 0.2) is 0 Å². The summed E-state index contributed by atoms with van der Waals surface area (Å²) in [5.41, 5.74) is 8.18. The zero-order chi connectivity index (χ0) is 21.5. The van der Waals surface area contributed by atoms with E-state index in [-0.39, 0.29) is 23.0 Å². The van der Waals surface area contributed by atoms with Crippen LogP contribution in [0.4, 0.5) is 11.5 Å². The van der Waals surface area contributed by atoms with Crippen molar-refractivity contribution in [2.45, 2.75) is 6.04 Å². The molecule has 0 aliphatic carbocycles. The highest BCUT2D eigenvalue weighted by atomic mass is 79.9. The van der Waals surface area contributed by atoms with Crippen LogP contribution in [0.25, 0.3) is 16.6 Å². The first kappa shape index (κ1) is 21.2. The molecule has 3 aromatic carbocycles. The number of hydrogen-bond acceptors (Lipinski definition) is 2. The minimum Gasteiger partial charge on any atom is -0.361 e. The van der Waals surface area contributed by atoms with Gasteiger partial charge >= 0.3 is 0 Å². The summed E-state index contributed by atoms with van der Waals surface area (Å²) in [6.45, 7) is 0. The number of anilines is 1. The Hall–Kier alpha value is -3.63. The number of benzene rings is 3. The molecule has 0 fully saturated rings. The summed E-state index contributed by atoms with van der Waals surface area (Å²) in [6, 6.07) is 38.3. The van der Waals surface area contributed by atoms with Crippen LogP contribution in [-0.4, -0.2) is 17.2 Å². The molecule has 0 amide bonds. The lowest BCUT2D eigenvalue weighted by atomic mass is 10.00. The third-order valence-electron chi connectivity index (χ3n) is 6.29. The molecule has 1 aliphatic heterocycles. The number of rotatable bonds is 3. The van der Waals surface area contributed by atoms with E-state index in [0.29, 0.717) is 0 Å². The van der Waals surface area contributed by atoms with Crippen LogP contribution in [-0.2, 0) is 0 Å². The highest BCUT2D eigenvalue weighted by molar-refractivity contribution is 8.93. The van der Waals surface area contributed by atoms with Gasteiger partial charge in [-0.25, -0.2) is 4.99 Å². The molecular weight excluding hydrogens is 470 g/mol. The minimum atomic E-state index is 0. The highest BCUT2D eigenvalue weighted by Gasteiger charge is 2.34. The van der Waals surface area contributed by atoms with Crippen LogP contribution >= 0.6 is 17.0 Å². The number of aromatic nitrogens is 1. The lowest BCUT2D eigenvalue weighted by molar-refractivity contribution is 0.875. The molecule has 0 radical (unpaired) electrons. The van der Waals surface area contributed by atoms with Crippen LogP contribution in [0.3, 0.4) is 0 Å².